The molecule has 0 aliphatic carbocycles. The van der Waals surface area contributed by atoms with Crippen LogP contribution in [-0.2, 0) is 11.3 Å². The number of nitrogens with two attached hydrogens (primary N) is 1. The van der Waals surface area contributed by atoms with Crippen molar-refractivity contribution < 1.29 is 4.79 Å². The van der Waals surface area contributed by atoms with Gasteiger partial charge in [-0.15, -0.1) is 5.10 Å². The zero-order valence-electron chi connectivity index (χ0n) is 7.77. The van der Waals surface area contributed by atoms with Gasteiger partial charge in [0.2, 0.25) is 11.9 Å². The summed E-state index contributed by atoms with van der Waals surface area (Å²) in [4.78, 5) is 16.4. The van der Waals surface area contributed by atoms with Crippen LogP contribution in [0.3, 0.4) is 0 Å². The van der Waals surface area contributed by atoms with Crippen molar-refractivity contribution in [3.05, 3.63) is 6.33 Å². The average molecular weight is 183 g/mol. The van der Waals surface area contributed by atoms with Gasteiger partial charge in [-0.25, -0.2) is 4.98 Å². The van der Waals surface area contributed by atoms with Gasteiger partial charge in [0, 0.05) is 20.5 Å². The summed E-state index contributed by atoms with van der Waals surface area (Å²) in [6.45, 7) is 0.515. The van der Waals surface area contributed by atoms with Crippen molar-refractivity contribution >= 4 is 11.9 Å². The SMILES string of the molecule is CN(C)C(=O)CCn1cnc(N)n1. The van der Waals surface area contributed by atoms with E-state index in [1.807, 2.05) is 0 Å². The first-order valence-electron chi connectivity index (χ1n) is 3.94. The molecule has 0 fully saturated rings. The van der Waals surface area contributed by atoms with Gasteiger partial charge in [0.1, 0.15) is 6.33 Å². The third kappa shape index (κ3) is 2.73. The van der Waals surface area contributed by atoms with Gasteiger partial charge in [0.25, 0.3) is 0 Å². The molecule has 1 rings (SSSR count). The number of nitrogens with zero attached hydrogens (tertiary/aromatic N) is 4. The van der Waals surface area contributed by atoms with Crippen LogP contribution in [0.15, 0.2) is 6.33 Å². The molecule has 0 unspecified atom stereocenters. The maximum absolute atomic E-state index is 11.2. The van der Waals surface area contributed by atoms with Gasteiger partial charge in [-0.1, -0.05) is 0 Å². The van der Waals surface area contributed by atoms with E-state index in [9.17, 15) is 4.79 Å². The molecule has 0 saturated carbocycles. The van der Waals surface area contributed by atoms with Gasteiger partial charge in [-0.3, -0.25) is 9.48 Å². The van der Waals surface area contributed by atoms with E-state index in [2.05, 4.69) is 10.1 Å². The molecular formula is C7H13N5O. The second-order valence-electron chi connectivity index (χ2n) is 2.90. The first-order valence-corrected chi connectivity index (χ1v) is 3.94. The van der Waals surface area contributed by atoms with E-state index in [0.29, 0.717) is 13.0 Å². The highest BCUT2D eigenvalue weighted by Gasteiger charge is 2.04. The quantitative estimate of drug-likeness (QED) is 0.674. The van der Waals surface area contributed by atoms with Crippen LogP contribution in [0.1, 0.15) is 6.42 Å². The molecule has 0 aliphatic heterocycles. The van der Waals surface area contributed by atoms with Crippen LogP contribution in [0.25, 0.3) is 0 Å². The van der Waals surface area contributed by atoms with Crippen molar-refractivity contribution in [2.45, 2.75) is 13.0 Å². The standard InChI is InChI=1S/C7H13N5O/c1-11(2)6(13)3-4-12-5-9-7(8)10-12/h5H,3-4H2,1-2H3,(H2,8,10). The predicted molar refractivity (Wildman–Crippen MR) is 47.7 cm³/mol. The molecule has 0 radical (unpaired) electrons. The molecule has 6 heteroatoms. The zero-order valence-corrected chi connectivity index (χ0v) is 7.77. The highest BCUT2D eigenvalue weighted by molar-refractivity contribution is 5.75. The lowest BCUT2D eigenvalue weighted by molar-refractivity contribution is -0.128. The molecule has 0 atom stereocenters. The fraction of sp³-hybridized carbons (Fsp3) is 0.571. The first-order chi connectivity index (χ1) is 6.09. The summed E-state index contributed by atoms with van der Waals surface area (Å²) < 4.78 is 1.55. The number of amides is 1. The number of hydrogen-bond donors (Lipinski definition) is 1. The molecule has 2 N–H and O–H groups in total. The molecule has 1 aromatic rings. The second-order valence-corrected chi connectivity index (χ2v) is 2.90. The maximum Gasteiger partial charge on any atom is 0.239 e. The van der Waals surface area contributed by atoms with Gasteiger partial charge in [-0.2, -0.15) is 0 Å². The summed E-state index contributed by atoms with van der Waals surface area (Å²) >= 11 is 0. The lowest BCUT2D eigenvalue weighted by atomic mass is 10.4. The van der Waals surface area contributed by atoms with Crippen molar-refractivity contribution in [3.63, 3.8) is 0 Å². The number of rotatable bonds is 3. The molecule has 0 aromatic carbocycles. The minimum absolute atomic E-state index is 0.0640. The lowest BCUT2D eigenvalue weighted by Gasteiger charge is -2.09. The number of carbonyl (C=O) groups excluding carboxylic acids is 1. The van der Waals surface area contributed by atoms with Crippen molar-refractivity contribution in [2.75, 3.05) is 19.8 Å². The fourth-order valence-electron chi connectivity index (χ4n) is 0.851. The largest absolute Gasteiger partial charge is 0.367 e. The molecule has 1 heterocycles. The molecular weight excluding hydrogens is 170 g/mol. The Labute approximate surface area is 76.3 Å². The smallest absolute Gasteiger partial charge is 0.239 e. The molecule has 1 amide bonds. The van der Waals surface area contributed by atoms with Crippen molar-refractivity contribution in [3.8, 4) is 0 Å². The first kappa shape index (κ1) is 9.50. The molecule has 0 spiro atoms. The minimum atomic E-state index is 0.0640. The number of aryl methyl sites for hydroxylation is 1. The number of nitrogen functional groups attached to an aromatic ring is 1. The van der Waals surface area contributed by atoms with E-state index >= 15 is 0 Å². The van der Waals surface area contributed by atoms with Crippen LogP contribution < -0.4 is 5.73 Å². The monoisotopic (exact) mass is 183 g/mol. The maximum atomic E-state index is 11.2. The van der Waals surface area contributed by atoms with E-state index in [1.54, 1.807) is 23.7 Å². The highest BCUT2D eigenvalue weighted by atomic mass is 16.2. The highest BCUT2D eigenvalue weighted by Crippen LogP contribution is 1.94. The van der Waals surface area contributed by atoms with Gasteiger partial charge in [0.15, 0.2) is 0 Å². The van der Waals surface area contributed by atoms with Crippen molar-refractivity contribution in [2.24, 2.45) is 0 Å². The Bertz CT molecular complexity index is 293. The molecule has 0 saturated heterocycles. The Morgan fingerprint density at radius 1 is 1.69 bits per heavy atom. The van der Waals surface area contributed by atoms with E-state index in [4.69, 9.17) is 5.73 Å². The summed E-state index contributed by atoms with van der Waals surface area (Å²) in [6, 6.07) is 0. The van der Waals surface area contributed by atoms with Crippen LogP contribution in [-0.4, -0.2) is 39.7 Å². The molecule has 1 aromatic heterocycles. The molecule has 0 aliphatic rings. The van der Waals surface area contributed by atoms with Gasteiger partial charge in [-0.05, 0) is 0 Å². The Morgan fingerprint density at radius 3 is 2.85 bits per heavy atom. The Hall–Kier alpha value is -1.59. The van der Waals surface area contributed by atoms with Crippen LogP contribution in [0.4, 0.5) is 5.95 Å². The van der Waals surface area contributed by atoms with E-state index in [1.165, 1.54) is 6.33 Å². The van der Waals surface area contributed by atoms with Gasteiger partial charge >= 0.3 is 0 Å². The molecule has 6 nitrogen and oxygen atoms in total. The van der Waals surface area contributed by atoms with Crippen molar-refractivity contribution in [1.29, 1.82) is 0 Å². The average Bonchev–Trinajstić information content (AvgIpc) is 2.47. The minimum Gasteiger partial charge on any atom is -0.367 e. The Kier molecular flexibility index (Phi) is 2.84. The molecule has 0 bridgehead atoms. The Morgan fingerprint density at radius 2 is 2.38 bits per heavy atom. The number of carbonyl (C=O) groups is 1. The predicted octanol–water partition coefficient (Wildman–Crippen LogP) is -0.661. The Balaban J connectivity index is 2.39. The molecule has 13 heavy (non-hydrogen) atoms. The third-order valence-corrected chi connectivity index (χ3v) is 1.61. The summed E-state index contributed by atoms with van der Waals surface area (Å²) in [7, 11) is 3.44. The summed E-state index contributed by atoms with van der Waals surface area (Å²) in [5.74, 6) is 0.298. The summed E-state index contributed by atoms with van der Waals surface area (Å²) in [5.41, 5.74) is 5.31. The third-order valence-electron chi connectivity index (χ3n) is 1.61. The summed E-state index contributed by atoms with van der Waals surface area (Å²) in [6.07, 6.45) is 1.92. The van der Waals surface area contributed by atoms with Crippen LogP contribution >= 0.6 is 0 Å². The summed E-state index contributed by atoms with van der Waals surface area (Å²) in [5, 5.41) is 3.85. The van der Waals surface area contributed by atoms with Gasteiger partial charge in [0.05, 0.1) is 6.54 Å². The normalized spacial score (nSPS) is 10.0. The van der Waals surface area contributed by atoms with Crippen molar-refractivity contribution in [1.82, 2.24) is 19.7 Å². The number of hydrogen-bond acceptors (Lipinski definition) is 4. The topological polar surface area (TPSA) is 77.0 Å². The zero-order chi connectivity index (χ0) is 9.84. The van der Waals surface area contributed by atoms with Crippen LogP contribution in [0.5, 0.6) is 0 Å². The van der Waals surface area contributed by atoms with Crippen LogP contribution in [0.2, 0.25) is 0 Å². The fourth-order valence-corrected chi connectivity index (χ4v) is 0.851. The second kappa shape index (κ2) is 3.88. The van der Waals surface area contributed by atoms with Crippen LogP contribution in [0, 0.1) is 0 Å². The van der Waals surface area contributed by atoms with E-state index in [-0.39, 0.29) is 11.9 Å². The number of anilines is 1. The number of aromatic nitrogens is 3. The van der Waals surface area contributed by atoms with Gasteiger partial charge < -0.3 is 10.6 Å². The molecule has 72 valence electrons. The van der Waals surface area contributed by atoms with E-state index < -0.39 is 0 Å². The van der Waals surface area contributed by atoms with E-state index in [0.717, 1.165) is 0 Å². The lowest BCUT2D eigenvalue weighted by Crippen LogP contribution is -2.22.